The largest absolute Gasteiger partial charge is 0.420 e. The molecule has 176 valence electrons. The van der Waals surface area contributed by atoms with Crippen LogP contribution in [0.4, 0.5) is 41.0 Å². The van der Waals surface area contributed by atoms with E-state index in [0.29, 0.717) is 5.82 Å². The van der Waals surface area contributed by atoms with Gasteiger partial charge in [-0.25, -0.2) is 9.37 Å². The molecule has 0 bridgehead atoms. The van der Waals surface area contributed by atoms with Gasteiger partial charge < -0.3 is 20.6 Å². The Morgan fingerprint density at radius 2 is 1.79 bits per heavy atom. The van der Waals surface area contributed by atoms with Gasteiger partial charge in [0.25, 0.3) is 0 Å². The molecule has 1 saturated heterocycles. The summed E-state index contributed by atoms with van der Waals surface area (Å²) in [4.78, 5) is 18.0. The lowest BCUT2D eigenvalue weighted by Gasteiger charge is -2.47. The van der Waals surface area contributed by atoms with Crippen LogP contribution in [0.1, 0.15) is 18.5 Å². The third kappa shape index (κ3) is 5.40. The SMILES string of the molecule is CC(Nc1nc(Nc2cnccn2)cc(N2CC(O)(C(F)(F)F)C2)n1)c1ccc(F)cc1.Cl. The molecule has 8 nitrogen and oxygen atoms in total. The Bertz CT molecular complexity index is 1080. The maximum absolute atomic E-state index is 13.2. The number of rotatable bonds is 6. The molecule has 1 aliphatic rings. The molecular formula is C20H20ClF4N7O. The standard InChI is InChI=1S/C20H19F4N7O.ClH/c1-12(13-2-4-14(21)5-3-13)27-18-29-15(28-16-9-25-6-7-26-16)8-17(30-18)31-10-19(32,11-31)20(22,23)24;/h2-9,12,32H,10-11H2,1H3,(H2,26,27,28,29,30);1H. The van der Waals surface area contributed by atoms with Crippen LogP contribution in [-0.2, 0) is 0 Å². The molecule has 4 rings (SSSR count). The number of benzene rings is 1. The van der Waals surface area contributed by atoms with Crippen LogP contribution in [0, 0.1) is 5.82 Å². The smallest absolute Gasteiger partial charge is 0.378 e. The van der Waals surface area contributed by atoms with Gasteiger partial charge in [0.05, 0.1) is 25.3 Å². The zero-order chi connectivity index (χ0) is 22.9. The predicted molar refractivity (Wildman–Crippen MR) is 116 cm³/mol. The zero-order valence-electron chi connectivity index (χ0n) is 17.2. The van der Waals surface area contributed by atoms with Crippen LogP contribution in [0.5, 0.6) is 0 Å². The van der Waals surface area contributed by atoms with E-state index in [-0.39, 0.29) is 41.9 Å². The highest BCUT2D eigenvalue weighted by Gasteiger charge is 2.61. The fourth-order valence-electron chi connectivity index (χ4n) is 3.17. The van der Waals surface area contributed by atoms with Crippen LogP contribution in [0.3, 0.4) is 0 Å². The number of halogens is 5. The summed E-state index contributed by atoms with van der Waals surface area (Å²) in [6.45, 7) is 0.515. The molecule has 0 spiro atoms. The minimum atomic E-state index is -4.74. The first-order chi connectivity index (χ1) is 15.1. The molecular weight excluding hydrogens is 466 g/mol. The summed E-state index contributed by atoms with van der Waals surface area (Å²) in [7, 11) is 0. The molecule has 0 saturated carbocycles. The molecule has 1 aromatic carbocycles. The second-order valence-electron chi connectivity index (χ2n) is 7.45. The fourth-order valence-corrected chi connectivity index (χ4v) is 3.17. The summed E-state index contributed by atoms with van der Waals surface area (Å²) < 4.78 is 52.3. The Morgan fingerprint density at radius 3 is 2.39 bits per heavy atom. The van der Waals surface area contributed by atoms with Gasteiger partial charge in [0.2, 0.25) is 5.95 Å². The summed E-state index contributed by atoms with van der Waals surface area (Å²) in [5.41, 5.74) is -2.02. The minimum absolute atomic E-state index is 0. The van der Waals surface area contributed by atoms with Crippen LogP contribution in [0.15, 0.2) is 48.9 Å². The van der Waals surface area contributed by atoms with Crippen molar-refractivity contribution in [3.8, 4) is 0 Å². The lowest BCUT2D eigenvalue weighted by atomic mass is 9.93. The first kappa shape index (κ1) is 24.4. The molecule has 1 aliphatic heterocycles. The fraction of sp³-hybridized carbons (Fsp3) is 0.300. The lowest BCUT2D eigenvalue weighted by molar-refractivity contribution is -0.267. The number of alkyl halides is 3. The van der Waals surface area contributed by atoms with Crippen molar-refractivity contribution < 1.29 is 22.7 Å². The summed E-state index contributed by atoms with van der Waals surface area (Å²) in [5.74, 6) is 0.601. The average Bonchev–Trinajstić information content (AvgIpc) is 2.71. The van der Waals surface area contributed by atoms with Gasteiger partial charge in [-0.05, 0) is 24.6 Å². The van der Waals surface area contributed by atoms with Gasteiger partial charge in [-0.1, -0.05) is 12.1 Å². The molecule has 2 aromatic heterocycles. The van der Waals surface area contributed by atoms with Gasteiger partial charge in [0, 0.05) is 18.5 Å². The highest BCUT2D eigenvalue weighted by atomic mass is 35.5. The van der Waals surface area contributed by atoms with E-state index in [2.05, 4.69) is 30.6 Å². The third-order valence-corrected chi connectivity index (χ3v) is 5.00. The molecule has 1 atom stereocenters. The molecule has 1 unspecified atom stereocenters. The van der Waals surface area contributed by atoms with Crippen LogP contribution in [-0.4, -0.2) is 49.9 Å². The summed E-state index contributed by atoms with van der Waals surface area (Å²) in [5, 5.41) is 15.8. The lowest BCUT2D eigenvalue weighted by Crippen LogP contribution is -2.69. The van der Waals surface area contributed by atoms with E-state index in [1.165, 1.54) is 41.7 Å². The second-order valence-corrected chi connectivity index (χ2v) is 7.45. The van der Waals surface area contributed by atoms with Crippen molar-refractivity contribution in [2.45, 2.75) is 24.7 Å². The number of anilines is 4. The van der Waals surface area contributed by atoms with Crippen LogP contribution >= 0.6 is 12.4 Å². The van der Waals surface area contributed by atoms with Crippen molar-refractivity contribution in [1.29, 1.82) is 0 Å². The van der Waals surface area contributed by atoms with Gasteiger partial charge in [-0.2, -0.15) is 23.1 Å². The topological polar surface area (TPSA) is 99.1 Å². The Morgan fingerprint density at radius 1 is 1.09 bits per heavy atom. The van der Waals surface area contributed by atoms with Crippen molar-refractivity contribution in [3.63, 3.8) is 0 Å². The number of nitrogens with zero attached hydrogens (tertiary/aromatic N) is 5. The molecule has 3 heterocycles. The van der Waals surface area contributed by atoms with E-state index in [0.717, 1.165) is 5.56 Å². The first-order valence-electron chi connectivity index (χ1n) is 9.61. The van der Waals surface area contributed by atoms with Crippen molar-refractivity contribution in [3.05, 3.63) is 60.3 Å². The van der Waals surface area contributed by atoms with Gasteiger partial charge in [0.1, 0.15) is 23.3 Å². The van der Waals surface area contributed by atoms with Crippen LogP contribution in [0.25, 0.3) is 0 Å². The van der Waals surface area contributed by atoms with Gasteiger partial charge >= 0.3 is 6.18 Å². The Kier molecular flexibility index (Phi) is 6.89. The Balaban J connectivity index is 0.00000306. The van der Waals surface area contributed by atoms with Crippen LogP contribution in [0.2, 0.25) is 0 Å². The number of hydrogen-bond acceptors (Lipinski definition) is 8. The third-order valence-electron chi connectivity index (χ3n) is 5.00. The number of aromatic nitrogens is 4. The molecule has 3 N–H and O–H groups in total. The number of β-amino-alcohol motifs (C(OH)–C–C–N with tert-alkyl or cyclic N) is 1. The van der Waals surface area contributed by atoms with E-state index in [1.807, 2.05) is 6.92 Å². The predicted octanol–water partition coefficient (Wildman–Crippen LogP) is 3.86. The maximum atomic E-state index is 13.2. The number of nitrogens with one attached hydrogen (secondary N) is 2. The van der Waals surface area contributed by atoms with E-state index in [4.69, 9.17) is 0 Å². The second kappa shape index (κ2) is 9.32. The summed E-state index contributed by atoms with van der Waals surface area (Å²) in [6, 6.07) is 6.99. The summed E-state index contributed by atoms with van der Waals surface area (Å²) in [6.07, 6.45) is -0.317. The minimum Gasteiger partial charge on any atom is -0.378 e. The first-order valence-corrected chi connectivity index (χ1v) is 9.61. The number of hydrogen-bond donors (Lipinski definition) is 3. The molecule has 13 heteroatoms. The van der Waals surface area contributed by atoms with Gasteiger partial charge in [0.15, 0.2) is 5.60 Å². The maximum Gasteiger partial charge on any atom is 0.420 e. The van der Waals surface area contributed by atoms with Gasteiger partial charge in [-0.15, -0.1) is 12.4 Å². The van der Waals surface area contributed by atoms with E-state index in [9.17, 15) is 22.7 Å². The van der Waals surface area contributed by atoms with E-state index >= 15 is 0 Å². The Labute approximate surface area is 192 Å². The molecule has 0 aliphatic carbocycles. The average molecular weight is 486 g/mol. The Hall–Kier alpha value is -3.25. The monoisotopic (exact) mass is 485 g/mol. The number of aliphatic hydroxyl groups is 1. The molecule has 1 fully saturated rings. The highest BCUT2D eigenvalue weighted by Crippen LogP contribution is 2.40. The normalized spacial score (nSPS) is 15.8. The van der Waals surface area contributed by atoms with Crippen molar-refractivity contribution in [2.75, 3.05) is 28.6 Å². The van der Waals surface area contributed by atoms with Crippen molar-refractivity contribution in [1.82, 2.24) is 19.9 Å². The van der Waals surface area contributed by atoms with Crippen molar-refractivity contribution >= 4 is 35.8 Å². The molecule has 0 amide bonds. The van der Waals surface area contributed by atoms with Crippen LogP contribution < -0.4 is 15.5 Å². The van der Waals surface area contributed by atoms with E-state index < -0.39 is 24.9 Å². The zero-order valence-corrected chi connectivity index (χ0v) is 18.0. The van der Waals surface area contributed by atoms with Crippen molar-refractivity contribution in [2.24, 2.45) is 0 Å². The molecule has 0 radical (unpaired) electrons. The highest BCUT2D eigenvalue weighted by molar-refractivity contribution is 5.85. The summed E-state index contributed by atoms with van der Waals surface area (Å²) >= 11 is 0. The van der Waals surface area contributed by atoms with E-state index in [1.54, 1.807) is 12.1 Å². The molecule has 3 aromatic rings. The van der Waals surface area contributed by atoms with Gasteiger partial charge in [-0.3, -0.25) is 4.98 Å². The quantitative estimate of drug-likeness (QED) is 0.453. The molecule has 33 heavy (non-hydrogen) atoms.